The number of anilines is 2. The molecular formula is C17H23N5O2S. The van der Waals surface area contributed by atoms with Gasteiger partial charge >= 0.3 is 5.69 Å². The van der Waals surface area contributed by atoms with Gasteiger partial charge in [-0.3, -0.25) is 14.3 Å². The van der Waals surface area contributed by atoms with E-state index in [2.05, 4.69) is 10.3 Å². The van der Waals surface area contributed by atoms with Gasteiger partial charge in [0, 0.05) is 12.6 Å². The number of thiocarbonyl (C=S) groups is 1. The molecule has 2 rings (SSSR count). The number of nitrogens with zero attached hydrogens (tertiary/aromatic N) is 2. The molecule has 1 heterocycles. The molecule has 0 aliphatic heterocycles. The van der Waals surface area contributed by atoms with Crippen LogP contribution in [0.1, 0.15) is 26.3 Å². The Morgan fingerprint density at radius 2 is 1.96 bits per heavy atom. The van der Waals surface area contributed by atoms with Gasteiger partial charge in [0.2, 0.25) is 0 Å². The molecule has 0 amide bonds. The fourth-order valence-corrected chi connectivity index (χ4v) is 2.95. The molecule has 0 saturated heterocycles. The third-order valence-electron chi connectivity index (χ3n) is 3.64. The van der Waals surface area contributed by atoms with E-state index in [0.717, 1.165) is 5.56 Å². The van der Waals surface area contributed by atoms with Crippen LogP contribution in [0.3, 0.4) is 0 Å². The van der Waals surface area contributed by atoms with E-state index in [9.17, 15) is 9.59 Å². The van der Waals surface area contributed by atoms with Crippen LogP contribution in [-0.2, 0) is 6.54 Å². The van der Waals surface area contributed by atoms with E-state index in [4.69, 9.17) is 18.0 Å². The Hall–Kier alpha value is -2.61. The second kappa shape index (κ2) is 7.98. The van der Waals surface area contributed by atoms with E-state index >= 15 is 0 Å². The van der Waals surface area contributed by atoms with E-state index in [-0.39, 0.29) is 24.1 Å². The van der Waals surface area contributed by atoms with Crippen molar-refractivity contribution in [2.75, 3.05) is 17.2 Å². The summed E-state index contributed by atoms with van der Waals surface area (Å²) in [6, 6.07) is 9.53. The van der Waals surface area contributed by atoms with Gasteiger partial charge < -0.3 is 16.0 Å². The minimum Gasteiger partial charge on any atom is -0.383 e. The Morgan fingerprint density at radius 1 is 1.32 bits per heavy atom. The van der Waals surface area contributed by atoms with Crippen LogP contribution in [0.4, 0.5) is 11.5 Å². The number of H-pyrrole nitrogens is 1. The minimum atomic E-state index is -0.554. The Kier molecular flexibility index (Phi) is 5.97. The average Bonchev–Trinajstić information content (AvgIpc) is 2.55. The molecule has 0 saturated carbocycles. The third-order valence-corrected chi connectivity index (χ3v) is 3.98. The maximum atomic E-state index is 12.4. The average molecular weight is 361 g/mol. The van der Waals surface area contributed by atoms with E-state index in [1.165, 1.54) is 4.57 Å². The number of aromatic amines is 1. The molecule has 0 aliphatic rings. The van der Waals surface area contributed by atoms with Gasteiger partial charge in [-0.05, 0) is 38.6 Å². The molecule has 1 aromatic heterocycles. The van der Waals surface area contributed by atoms with Crippen molar-refractivity contribution in [1.29, 1.82) is 0 Å². The standard InChI is InChI=1S/C17H23N5O2S/c1-4-21(17(25)19-11(2)3)13-14(18)22(16(24)20-15(13)23)10-12-8-6-5-7-9-12/h5-9,11H,4,10,18H2,1-3H3,(H,19,25)(H,20,23,24). The first-order chi connectivity index (χ1) is 11.8. The van der Waals surface area contributed by atoms with Crippen LogP contribution in [-0.4, -0.2) is 27.3 Å². The van der Waals surface area contributed by atoms with Gasteiger partial charge in [0.15, 0.2) is 10.8 Å². The van der Waals surface area contributed by atoms with Crippen LogP contribution < -0.4 is 27.2 Å². The molecule has 0 spiro atoms. The second-order valence-corrected chi connectivity index (χ2v) is 6.30. The number of benzene rings is 1. The predicted molar refractivity (Wildman–Crippen MR) is 105 cm³/mol. The Labute approximate surface area is 151 Å². The molecular weight excluding hydrogens is 338 g/mol. The number of nitrogens with two attached hydrogens (primary N) is 1. The number of nitrogen functional groups attached to an aromatic ring is 1. The van der Waals surface area contributed by atoms with Crippen molar-refractivity contribution >= 4 is 28.8 Å². The smallest absolute Gasteiger partial charge is 0.330 e. The van der Waals surface area contributed by atoms with Crippen molar-refractivity contribution in [3.8, 4) is 0 Å². The first-order valence-corrected chi connectivity index (χ1v) is 8.50. The highest BCUT2D eigenvalue weighted by molar-refractivity contribution is 7.80. The molecule has 25 heavy (non-hydrogen) atoms. The zero-order valence-electron chi connectivity index (χ0n) is 14.6. The maximum absolute atomic E-state index is 12.4. The van der Waals surface area contributed by atoms with Crippen molar-refractivity contribution in [3.05, 3.63) is 56.7 Å². The van der Waals surface area contributed by atoms with Crippen LogP contribution in [0.5, 0.6) is 0 Å². The van der Waals surface area contributed by atoms with Crippen LogP contribution in [0.2, 0.25) is 0 Å². The van der Waals surface area contributed by atoms with Crippen LogP contribution in [0.25, 0.3) is 0 Å². The maximum Gasteiger partial charge on any atom is 0.330 e. The van der Waals surface area contributed by atoms with E-state index in [1.54, 1.807) is 4.90 Å². The number of hydrogen-bond donors (Lipinski definition) is 3. The molecule has 2 aromatic rings. The Morgan fingerprint density at radius 3 is 2.52 bits per heavy atom. The van der Waals surface area contributed by atoms with Gasteiger partial charge in [-0.25, -0.2) is 4.79 Å². The van der Waals surface area contributed by atoms with Gasteiger partial charge in [0.1, 0.15) is 5.82 Å². The quantitative estimate of drug-likeness (QED) is 0.694. The second-order valence-electron chi connectivity index (χ2n) is 5.91. The largest absolute Gasteiger partial charge is 0.383 e. The molecule has 0 unspecified atom stereocenters. The monoisotopic (exact) mass is 361 g/mol. The topological polar surface area (TPSA) is 96.2 Å². The fourth-order valence-electron chi connectivity index (χ4n) is 2.49. The molecule has 8 heteroatoms. The van der Waals surface area contributed by atoms with E-state index < -0.39 is 11.2 Å². The van der Waals surface area contributed by atoms with Crippen molar-refractivity contribution in [3.63, 3.8) is 0 Å². The van der Waals surface area contributed by atoms with Crippen molar-refractivity contribution in [2.45, 2.75) is 33.4 Å². The number of rotatable bonds is 5. The predicted octanol–water partition coefficient (Wildman–Crippen LogP) is 1.28. The summed E-state index contributed by atoms with van der Waals surface area (Å²) in [6.07, 6.45) is 0. The van der Waals surface area contributed by atoms with Gasteiger partial charge in [-0.15, -0.1) is 0 Å². The summed E-state index contributed by atoms with van der Waals surface area (Å²) in [7, 11) is 0. The summed E-state index contributed by atoms with van der Waals surface area (Å²) in [6.45, 7) is 6.46. The highest BCUT2D eigenvalue weighted by Crippen LogP contribution is 2.17. The van der Waals surface area contributed by atoms with Crippen LogP contribution >= 0.6 is 12.2 Å². The molecule has 4 N–H and O–H groups in total. The van der Waals surface area contributed by atoms with Crippen LogP contribution in [0, 0.1) is 0 Å². The SMILES string of the molecule is CCN(C(=S)NC(C)C)c1c(N)n(Cc2ccccc2)c(=O)[nH]c1=O. The summed E-state index contributed by atoms with van der Waals surface area (Å²) in [5.74, 6) is 0.0901. The summed E-state index contributed by atoms with van der Waals surface area (Å²) < 4.78 is 1.34. The van der Waals surface area contributed by atoms with Crippen molar-refractivity contribution in [2.24, 2.45) is 0 Å². The first kappa shape index (κ1) is 18.7. The van der Waals surface area contributed by atoms with Crippen LogP contribution in [0.15, 0.2) is 39.9 Å². The summed E-state index contributed by atoms with van der Waals surface area (Å²) in [5.41, 5.74) is 6.17. The van der Waals surface area contributed by atoms with Crippen molar-refractivity contribution < 1.29 is 0 Å². The number of hydrogen-bond acceptors (Lipinski definition) is 4. The normalized spacial score (nSPS) is 10.7. The molecule has 0 aliphatic carbocycles. The summed E-state index contributed by atoms with van der Waals surface area (Å²) >= 11 is 5.38. The molecule has 0 radical (unpaired) electrons. The lowest BCUT2D eigenvalue weighted by Crippen LogP contribution is -2.47. The molecule has 134 valence electrons. The Balaban J connectivity index is 2.51. The van der Waals surface area contributed by atoms with Gasteiger partial charge in [0.25, 0.3) is 5.56 Å². The lowest BCUT2D eigenvalue weighted by molar-refractivity contribution is 0.717. The third kappa shape index (κ3) is 4.27. The number of nitrogens with one attached hydrogen (secondary N) is 2. The van der Waals surface area contributed by atoms with Gasteiger partial charge in [0.05, 0.1) is 6.54 Å². The minimum absolute atomic E-state index is 0.0901. The lowest BCUT2D eigenvalue weighted by Gasteiger charge is -2.27. The molecule has 0 bridgehead atoms. The zero-order chi connectivity index (χ0) is 18.6. The zero-order valence-corrected chi connectivity index (χ0v) is 15.4. The van der Waals surface area contributed by atoms with E-state index in [1.807, 2.05) is 51.1 Å². The molecule has 0 fully saturated rings. The molecule has 1 aromatic carbocycles. The first-order valence-electron chi connectivity index (χ1n) is 8.09. The lowest BCUT2D eigenvalue weighted by atomic mass is 10.2. The Bertz CT molecular complexity index is 858. The van der Waals surface area contributed by atoms with Gasteiger partial charge in [-0.2, -0.15) is 0 Å². The molecule has 7 nitrogen and oxygen atoms in total. The van der Waals surface area contributed by atoms with E-state index in [0.29, 0.717) is 11.7 Å². The van der Waals surface area contributed by atoms with Gasteiger partial charge in [-0.1, -0.05) is 30.3 Å². The summed E-state index contributed by atoms with van der Waals surface area (Å²) in [5, 5.41) is 3.48. The highest BCUT2D eigenvalue weighted by atomic mass is 32.1. The summed E-state index contributed by atoms with van der Waals surface area (Å²) in [4.78, 5) is 28.6. The fraction of sp³-hybridized carbons (Fsp3) is 0.353. The highest BCUT2D eigenvalue weighted by Gasteiger charge is 2.21. The molecule has 0 atom stereocenters. The number of aromatic nitrogens is 2. The van der Waals surface area contributed by atoms with Crippen molar-refractivity contribution in [1.82, 2.24) is 14.9 Å².